The summed E-state index contributed by atoms with van der Waals surface area (Å²) in [6.45, 7) is 12.0. The van der Waals surface area contributed by atoms with Gasteiger partial charge in [-0.15, -0.1) is 0 Å². The Bertz CT molecular complexity index is 729. The Labute approximate surface area is 169 Å². The molecule has 4 aliphatic rings. The maximum Gasteiger partial charge on any atom is 0.248 e. The summed E-state index contributed by atoms with van der Waals surface area (Å²) in [5.74, 6) is 2.78. The Balaban J connectivity index is 1.60. The number of likely N-dealkylation sites (tertiary alicyclic amines) is 1. The van der Waals surface area contributed by atoms with Gasteiger partial charge in [0.15, 0.2) is 0 Å². The second-order valence-corrected chi connectivity index (χ2v) is 9.99. The van der Waals surface area contributed by atoms with Crippen LogP contribution in [-0.4, -0.2) is 41.7 Å². The highest BCUT2D eigenvalue weighted by molar-refractivity contribution is 5.91. The minimum absolute atomic E-state index is 0.137. The number of hydrogen-bond donors (Lipinski definition) is 1. The largest absolute Gasteiger partial charge is 0.350 e. The summed E-state index contributed by atoms with van der Waals surface area (Å²) in [4.78, 5) is 21.2. The summed E-state index contributed by atoms with van der Waals surface area (Å²) < 4.78 is 0. The Morgan fingerprint density at radius 2 is 1.96 bits per heavy atom. The molecule has 1 aliphatic carbocycles. The van der Waals surface area contributed by atoms with E-state index < -0.39 is 5.54 Å². The van der Waals surface area contributed by atoms with Crippen molar-refractivity contribution < 1.29 is 4.79 Å². The van der Waals surface area contributed by atoms with Gasteiger partial charge in [0.1, 0.15) is 5.54 Å². The van der Waals surface area contributed by atoms with Gasteiger partial charge in [-0.3, -0.25) is 14.7 Å². The van der Waals surface area contributed by atoms with Gasteiger partial charge in [0, 0.05) is 43.7 Å². The smallest absolute Gasteiger partial charge is 0.248 e. The summed E-state index contributed by atoms with van der Waals surface area (Å²) in [6, 6.07) is 10.7. The Kier molecular flexibility index (Phi) is 5.34. The van der Waals surface area contributed by atoms with E-state index in [1.807, 2.05) is 18.2 Å². The highest BCUT2D eigenvalue weighted by Crippen LogP contribution is 2.54. The van der Waals surface area contributed by atoms with E-state index in [9.17, 15) is 4.79 Å². The zero-order valence-electron chi connectivity index (χ0n) is 17.8. The lowest BCUT2D eigenvalue weighted by Gasteiger charge is -2.51. The minimum Gasteiger partial charge on any atom is -0.350 e. The van der Waals surface area contributed by atoms with Crippen molar-refractivity contribution in [3.63, 3.8) is 0 Å². The molecule has 5 atom stereocenters. The first-order chi connectivity index (χ1) is 13.4. The van der Waals surface area contributed by atoms with E-state index >= 15 is 0 Å². The van der Waals surface area contributed by atoms with Crippen LogP contribution < -0.4 is 5.32 Å². The maximum absolute atomic E-state index is 13.5. The van der Waals surface area contributed by atoms with Gasteiger partial charge in [-0.2, -0.15) is 0 Å². The molecule has 0 radical (unpaired) electrons. The molecule has 1 aromatic rings. The van der Waals surface area contributed by atoms with E-state index in [4.69, 9.17) is 4.99 Å². The SMILES string of the molecule is CC(C)C[C@H]1[C@@H]2[C@@H]3C=N[C@@]1(C(=O)NCc1ccccc1)C[C@@H]3CN2CC(C)C. The number of nitrogens with one attached hydrogen (secondary N) is 1. The van der Waals surface area contributed by atoms with Crippen LogP contribution in [0.15, 0.2) is 35.3 Å². The number of rotatable bonds is 7. The number of benzene rings is 1. The Hall–Kier alpha value is -1.68. The van der Waals surface area contributed by atoms with Gasteiger partial charge >= 0.3 is 0 Å². The molecule has 152 valence electrons. The van der Waals surface area contributed by atoms with Gasteiger partial charge < -0.3 is 5.32 Å². The van der Waals surface area contributed by atoms with E-state index in [0.29, 0.717) is 42.2 Å². The lowest BCUT2D eigenvalue weighted by molar-refractivity contribution is -0.132. The quantitative estimate of drug-likeness (QED) is 0.781. The molecule has 0 aromatic heterocycles. The fourth-order valence-corrected chi connectivity index (χ4v) is 5.96. The molecule has 1 aromatic carbocycles. The highest BCUT2D eigenvalue weighted by atomic mass is 16.2. The molecule has 1 N–H and O–H groups in total. The van der Waals surface area contributed by atoms with Gasteiger partial charge in [-0.1, -0.05) is 58.0 Å². The molecular formula is C24H35N3O. The van der Waals surface area contributed by atoms with E-state index in [2.05, 4.69) is 56.3 Å². The number of nitrogens with zero attached hydrogens (tertiary/aromatic N) is 2. The topological polar surface area (TPSA) is 44.7 Å². The number of amides is 1. The monoisotopic (exact) mass is 381 g/mol. The summed E-state index contributed by atoms with van der Waals surface area (Å²) in [6.07, 6.45) is 4.13. The van der Waals surface area contributed by atoms with Crippen molar-refractivity contribution in [1.29, 1.82) is 0 Å². The fourth-order valence-electron chi connectivity index (χ4n) is 5.96. The zero-order valence-corrected chi connectivity index (χ0v) is 17.8. The molecule has 2 fully saturated rings. The number of carbonyl (C=O) groups excluding carboxylic acids is 1. The molecule has 0 spiro atoms. The summed E-state index contributed by atoms with van der Waals surface area (Å²) in [5, 5.41) is 3.24. The first-order valence-electron chi connectivity index (χ1n) is 11.0. The van der Waals surface area contributed by atoms with Gasteiger partial charge in [0.2, 0.25) is 5.91 Å². The van der Waals surface area contributed by atoms with Crippen LogP contribution in [0.5, 0.6) is 0 Å². The zero-order chi connectivity index (χ0) is 19.9. The van der Waals surface area contributed by atoms with Crippen molar-refractivity contribution in [2.45, 2.75) is 58.7 Å². The second kappa shape index (κ2) is 7.62. The average molecular weight is 382 g/mol. The van der Waals surface area contributed by atoms with Crippen molar-refractivity contribution >= 4 is 12.1 Å². The summed E-state index contributed by atoms with van der Waals surface area (Å²) >= 11 is 0. The van der Waals surface area contributed by atoms with Gasteiger partial charge in [0.25, 0.3) is 0 Å². The van der Waals surface area contributed by atoms with Crippen LogP contribution in [-0.2, 0) is 11.3 Å². The van der Waals surface area contributed by atoms with Crippen molar-refractivity contribution in [2.75, 3.05) is 13.1 Å². The minimum atomic E-state index is -0.575. The maximum atomic E-state index is 13.5. The van der Waals surface area contributed by atoms with Crippen LogP contribution in [0.1, 0.15) is 46.1 Å². The molecule has 1 saturated heterocycles. The molecule has 28 heavy (non-hydrogen) atoms. The molecule has 4 nitrogen and oxygen atoms in total. The van der Waals surface area contributed by atoms with Crippen LogP contribution in [0.3, 0.4) is 0 Å². The number of carbonyl (C=O) groups is 1. The standard InChI is InChI=1S/C24H35N3O/c1-16(2)10-21-22-20-13-26-24(21,11-19(20)15-27(22)14-17(3)4)23(28)25-12-18-8-6-5-7-9-18/h5-9,13,16-17,19-22H,10-12,14-15H2,1-4H3,(H,25,28)/t19-,20-,21+,22+,24+/m1/s1. The van der Waals surface area contributed by atoms with E-state index in [-0.39, 0.29) is 5.91 Å². The third kappa shape index (κ3) is 3.41. The van der Waals surface area contributed by atoms with Crippen molar-refractivity contribution in [3.8, 4) is 0 Å². The molecular weight excluding hydrogens is 346 g/mol. The van der Waals surface area contributed by atoms with Crippen LogP contribution in [0.2, 0.25) is 0 Å². The Morgan fingerprint density at radius 3 is 2.64 bits per heavy atom. The van der Waals surface area contributed by atoms with E-state index in [1.54, 1.807) is 0 Å². The molecule has 4 bridgehead atoms. The third-order valence-electron chi connectivity index (χ3n) is 6.92. The fraction of sp³-hybridized carbons (Fsp3) is 0.667. The first kappa shape index (κ1) is 19.6. The summed E-state index contributed by atoms with van der Waals surface area (Å²) in [5.41, 5.74) is 0.569. The van der Waals surface area contributed by atoms with Crippen LogP contribution in [0.25, 0.3) is 0 Å². The van der Waals surface area contributed by atoms with E-state index in [0.717, 1.165) is 31.5 Å². The lowest BCUT2D eigenvalue weighted by atomic mass is 9.59. The lowest BCUT2D eigenvalue weighted by Crippen LogP contribution is -2.63. The highest BCUT2D eigenvalue weighted by Gasteiger charge is 2.63. The van der Waals surface area contributed by atoms with Crippen molar-refractivity contribution in [3.05, 3.63) is 35.9 Å². The van der Waals surface area contributed by atoms with Crippen LogP contribution in [0, 0.1) is 29.6 Å². The predicted molar refractivity (Wildman–Crippen MR) is 114 cm³/mol. The van der Waals surface area contributed by atoms with Crippen LogP contribution in [0.4, 0.5) is 0 Å². The molecule has 3 aliphatic heterocycles. The molecule has 1 saturated carbocycles. The normalized spacial score (nSPS) is 33.8. The van der Waals surface area contributed by atoms with Crippen molar-refractivity contribution in [2.24, 2.45) is 34.6 Å². The number of aliphatic imine (C=N–C) groups is 1. The summed E-state index contributed by atoms with van der Waals surface area (Å²) in [7, 11) is 0. The third-order valence-corrected chi connectivity index (χ3v) is 6.92. The average Bonchev–Trinajstić information content (AvgIpc) is 2.95. The predicted octanol–water partition coefficient (Wildman–Crippen LogP) is 3.76. The molecule has 5 rings (SSSR count). The van der Waals surface area contributed by atoms with Gasteiger partial charge in [-0.05, 0) is 36.2 Å². The van der Waals surface area contributed by atoms with Crippen molar-refractivity contribution in [1.82, 2.24) is 10.2 Å². The molecule has 3 heterocycles. The Morgan fingerprint density at radius 1 is 1.21 bits per heavy atom. The number of hydrogen-bond acceptors (Lipinski definition) is 3. The molecule has 4 heteroatoms. The first-order valence-corrected chi connectivity index (χ1v) is 11.0. The molecule has 1 amide bonds. The van der Waals surface area contributed by atoms with Crippen LogP contribution >= 0.6 is 0 Å². The second-order valence-electron chi connectivity index (χ2n) is 9.99. The van der Waals surface area contributed by atoms with Gasteiger partial charge in [0.05, 0.1) is 0 Å². The van der Waals surface area contributed by atoms with Gasteiger partial charge in [-0.25, -0.2) is 0 Å². The molecule has 0 unspecified atom stereocenters. The van der Waals surface area contributed by atoms with E-state index in [1.165, 1.54) is 0 Å².